The van der Waals surface area contributed by atoms with Gasteiger partial charge in [0.05, 0.1) is 38.8 Å². The van der Waals surface area contributed by atoms with Crippen LogP contribution in [0.5, 0.6) is 0 Å². The first kappa shape index (κ1) is 33.3. The van der Waals surface area contributed by atoms with Crippen LogP contribution >= 0.6 is 0 Å². The van der Waals surface area contributed by atoms with E-state index in [2.05, 4.69) is 192 Å². The maximum Gasteiger partial charge on any atom is 0.235 e. The lowest BCUT2D eigenvalue weighted by Gasteiger charge is -2.17. The van der Waals surface area contributed by atoms with Gasteiger partial charge in [-0.1, -0.05) is 158 Å². The molecule has 4 heterocycles. The van der Waals surface area contributed by atoms with Crippen molar-refractivity contribution >= 4 is 87.1 Å². The number of rotatable bonds is 6. The Morgan fingerprint density at radius 3 is 2.00 bits per heavy atom. The van der Waals surface area contributed by atoms with Gasteiger partial charge >= 0.3 is 0 Å². The Hall–Kier alpha value is -7.82. The minimum atomic E-state index is 0.634. The highest BCUT2D eigenvalue weighted by molar-refractivity contribution is 6.31. The van der Waals surface area contributed by atoms with Gasteiger partial charge in [0.15, 0.2) is 0 Å². The van der Waals surface area contributed by atoms with Crippen molar-refractivity contribution < 1.29 is 0 Å². The molecule has 0 atom stereocenters. The minimum absolute atomic E-state index is 0.634. The van der Waals surface area contributed by atoms with Gasteiger partial charge in [-0.25, -0.2) is 9.97 Å². The number of benzene rings is 8. The summed E-state index contributed by atoms with van der Waals surface area (Å²) < 4.78 is 4.77. The summed E-state index contributed by atoms with van der Waals surface area (Å²) in [7, 11) is 0. The smallest absolute Gasteiger partial charge is 0.235 e. The van der Waals surface area contributed by atoms with Crippen LogP contribution in [0.1, 0.15) is 12.6 Å². The van der Waals surface area contributed by atoms with Crippen LogP contribution in [0.15, 0.2) is 195 Å². The van der Waals surface area contributed by atoms with Gasteiger partial charge < -0.3 is 4.40 Å². The quantitative estimate of drug-likeness (QED) is 0.125. The van der Waals surface area contributed by atoms with Crippen LogP contribution in [0, 0.1) is 0 Å². The van der Waals surface area contributed by atoms with E-state index in [1.807, 2.05) is 12.2 Å². The van der Waals surface area contributed by atoms with Crippen molar-refractivity contribution in [2.24, 2.45) is 0 Å². The molecule has 0 amide bonds. The third-order valence-corrected chi connectivity index (χ3v) is 12.2. The molecule has 0 aliphatic rings. The molecule has 59 heavy (non-hydrogen) atoms. The largest absolute Gasteiger partial charge is 0.308 e. The molecule has 0 radical (unpaired) electrons. The average Bonchev–Trinajstić information content (AvgIpc) is 3.78. The van der Waals surface area contributed by atoms with E-state index in [4.69, 9.17) is 9.97 Å². The zero-order chi connectivity index (χ0) is 39.2. The molecular formula is C55H36N4. The Balaban J connectivity index is 1.25. The Labute approximate surface area is 340 Å². The van der Waals surface area contributed by atoms with Crippen LogP contribution in [0.2, 0.25) is 0 Å². The molecule has 4 aromatic heterocycles. The lowest BCUT2D eigenvalue weighted by atomic mass is 9.92. The Bertz CT molecular complexity index is 3750. The fourth-order valence-electron chi connectivity index (χ4n) is 9.64. The SMILES string of the molecule is C=C/C=C\C=C(/C)c1nc(-n2c3cccc4c5cccc6c7ccccc7n(c7cccc2c7c43)c56)nc2c(-c3cccc(-c4ccccc4)c3)cc3ccccc3c12. The topological polar surface area (TPSA) is 35.1 Å². The van der Waals surface area contributed by atoms with E-state index in [0.717, 1.165) is 66.2 Å². The van der Waals surface area contributed by atoms with Gasteiger partial charge in [0.25, 0.3) is 0 Å². The third-order valence-electron chi connectivity index (χ3n) is 12.2. The fraction of sp³-hybridized carbons (Fsp3) is 0.0182. The normalized spacial score (nSPS) is 12.6. The maximum absolute atomic E-state index is 5.70. The molecule has 4 nitrogen and oxygen atoms in total. The monoisotopic (exact) mass is 752 g/mol. The van der Waals surface area contributed by atoms with Crippen LogP contribution in [-0.2, 0) is 0 Å². The predicted molar refractivity (Wildman–Crippen MR) is 250 cm³/mol. The van der Waals surface area contributed by atoms with Gasteiger partial charge in [0.1, 0.15) is 0 Å². The molecule has 12 rings (SSSR count). The summed E-state index contributed by atoms with van der Waals surface area (Å²) >= 11 is 0. The average molecular weight is 753 g/mol. The molecule has 0 spiro atoms. The van der Waals surface area contributed by atoms with Gasteiger partial charge in [-0.3, -0.25) is 4.57 Å². The number of allylic oxidation sites excluding steroid dienone is 5. The van der Waals surface area contributed by atoms with Crippen molar-refractivity contribution in [3.05, 3.63) is 200 Å². The lowest BCUT2D eigenvalue weighted by molar-refractivity contribution is 1.00. The molecule has 12 aromatic rings. The third kappa shape index (κ3) is 4.84. The summed E-state index contributed by atoms with van der Waals surface area (Å²) in [5, 5.41) is 10.6. The molecule has 0 saturated heterocycles. The molecule has 0 aliphatic heterocycles. The molecule has 0 bridgehead atoms. The van der Waals surface area contributed by atoms with Crippen LogP contribution in [0.3, 0.4) is 0 Å². The van der Waals surface area contributed by atoms with Crippen molar-refractivity contribution in [1.29, 1.82) is 0 Å². The van der Waals surface area contributed by atoms with E-state index < -0.39 is 0 Å². The summed E-state index contributed by atoms with van der Waals surface area (Å²) in [5.74, 6) is 0.634. The molecule has 0 saturated carbocycles. The van der Waals surface area contributed by atoms with Gasteiger partial charge in [-0.05, 0) is 81.7 Å². The molecule has 0 unspecified atom stereocenters. The number of hydrogen-bond acceptors (Lipinski definition) is 2. The van der Waals surface area contributed by atoms with Crippen molar-refractivity contribution in [2.45, 2.75) is 6.92 Å². The molecular weight excluding hydrogens is 717 g/mol. The maximum atomic E-state index is 5.70. The van der Waals surface area contributed by atoms with Gasteiger partial charge in [-0.15, -0.1) is 0 Å². The summed E-state index contributed by atoms with van der Waals surface area (Å²) in [4.78, 5) is 11.3. The Kier molecular flexibility index (Phi) is 7.26. The predicted octanol–water partition coefficient (Wildman–Crippen LogP) is 14.5. The van der Waals surface area contributed by atoms with Crippen LogP contribution in [0.25, 0.3) is 115 Å². The molecule has 0 fully saturated rings. The van der Waals surface area contributed by atoms with Crippen LogP contribution in [-0.4, -0.2) is 18.9 Å². The molecule has 0 aliphatic carbocycles. The highest BCUT2D eigenvalue weighted by Gasteiger charge is 2.25. The van der Waals surface area contributed by atoms with E-state index in [0.29, 0.717) is 5.95 Å². The second-order valence-electron chi connectivity index (χ2n) is 15.4. The number of para-hydroxylation sites is 2. The second kappa shape index (κ2) is 12.9. The van der Waals surface area contributed by atoms with E-state index in [-0.39, 0.29) is 0 Å². The van der Waals surface area contributed by atoms with Gasteiger partial charge in [-0.2, -0.15) is 0 Å². The zero-order valence-corrected chi connectivity index (χ0v) is 32.4. The first-order valence-corrected chi connectivity index (χ1v) is 20.1. The van der Waals surface area contributed by atoms with Gasteiger partial charge in [0.2, 0.25) is 5.95 Å². The van der Waals surface area contributed by atoms with Crippen LogP contribution in [0.4, 0.5) is 0 Å². The summed E-state index contributed by atoms with van der Waals surface area (Å²) in [5.41, 5.74) is 13.1. The summed E-state index contributed by atoms with van der Waals surface area (Å²) in [6, 6.07) is 59.2. The van der Waals surface area contributed by atoms with E-state index in [1.54, 1.807) is 6.08 Å². The Morgan fingerprint density at radius 2 is 1.14 bits per heavy atom. The fourth-order valence-corrected chi connectivity index (χ4v) is 9.64. The minimum Gasteiger partial charge on any atom is -0.308 e. The van der Waals surface area contributed by atoms with Crippen molar-refractivity contribution in [3.8, 4) is 28.2 Å². The highest BCUT2D eigenvalue weighted by atomic mass is 15.2. The van der Waals surface area contributed by atoms with E-state index >= 15 is 0 Å². The number of aromatic nitrogens is 4. The standard InChI is InChI=1S/C55H36N4/c1-3-4-6-17-34(2)52-50-39-23-10-9-20-38(39)33-44(37-22-13-21-36(32-37)35-18-7-5-8-19-35)53(50)57-55(56-52)59-46-29-15-25-41-43-27-14-26-42-40-24-11-12-28-45(40)58(54(42)43)47-30-16-31-48(59)51(47)49(41)46/h3-33H,1H2,2H3/b6-4-,34-17+. The van der Waals surface area contributed by atoms with Crippen molar-refractivity contribution in [1.82, 2.24) is 18.9 Å². The van der Waals surface area contributed by atoms with E-state index in [9.17, 15) is 0 Å². The summed E-state index contributed by atoms with van der Waals surface area (Å²) in [6.45, 7) is 6.07. The number of fused-ring (bicyclic) bond motifs is 8. The number of hydrogen-bond donors (Lipinski definition) is 0. The van der Waals surface area contributed by atoms with Crippen molar-refractivity contribution in [2.75, 3.05) is 0 Å². The lowest BCUT2D eigenvalue weighted by Crippen LogP contribution is -2.06. The van der Waals surface area contributed by atoms with Crippen molar-refractivity contribution in [3.63, 3.8) is 0 Å². The second-order valence-corrected chi connectivity index (χ2v) is 15.4. The first-order chi connectivity index (χ1) is 29.2. The molecule has 276 valence electrons. The van der Waals surface area contributed by atoms with Crippen LogP contribution < -0.4 is 0 Å². The van der Waals surface area contributed by atoms with Gasteiger partial charge in [0, 0.05) is 37.9 Å². The van der Waals surface area contributed by atoms with E-state index in [1.165, 1.54) is 48.9 Å². The first-order valence-electron chi connectivity index (χ1n) is 20.1. The summed E-state index contributed by atoms with van der Waals surface area (Å²) in [6.07, 6.45) is 7.93. The zero-order valence-electron chi connectivity index (χ0n) is 32.4. The molecule has 4 heteroatoms. The molecule has 0 N–H and O–H groups in total. The number of nitrogens with zero attached hydrogens (tertiary/aromatic N) is 4. The molecule has 8 aromatic carbocycles. The Morgan fingerprint density at radius 1 is 0.508 bits per heavy atom. The highest BCUT2D eigenvalue weighted by Crippen LogP contribution is 2.45.